The fourth-order valence-corrected chi connectivity index (χ4v) is 2.99. The van der Waals surface area contributed by atoms with Crippen molar-refractivity contribution in [2.75, 3.05) is 24.5 Å². The van der Waals surface area contributed by atoms with Crippen molar-refractivity contribution in [1.29, 1.82) is 0 Å². The van der Waals surface area contributed by atoms with Crippen molar-refractivity contribution >= 4 is 11.7 Å². The van der Waals surface area contributed by atoms with Gasteiger partial charge in [0.2, 0.25) is 0 Å². The molecular weight excluding hydrogens is 264 g/mol. The predicted molar refractivity (Wildman–Crippen MR) is 85.6 cm³/mol. The molecule has 5 nitrogen and oxygen atoms in total. The third-order valence-corrected chi connectivity index (χ3v) is 4.03. The van der Waals surface area contributed by atoms with Crippen LogP contribution >= 0.6 is 0 Å². The summed E-state index contributed by atoms with van der Waals surface area (Å²) in [6.45, 7) is 6.89. The van der Waals surface area contributed by atoms with Gasteiger partial charge in [0.05, 0.1) is 5.56 Å². The number of hydrogen-bond acceptors (Lipinski definition) is 4. The van der Waals surface area contributed by atoms with Gasteiger partial charge in [-0.25, -0.2) is 4.98 Å². The monoisotopic (exact) mass is 290 g/mol. The summed E-state index contributed by atoms with van der Waals surface area (Å²) in [6.07, 6.45) is 6.47. The lowest BCUT2D eigenvalue weighted by Crippen LogP contribution is -2.44. The van der Waals surface area contributed by atoms with Crippen LogP contribution in [-0.2, 0) is 0 Å². The van der Waals surface area contributed by atoms with E-state index < -0.39 is 5.91 Å². The second-order valence-corrected chi connectivity index (χ2v) is 5.78. The van der Waals surface area contributed by atoms with Gasteiger partial charge in [-0.3, -0.25) is 4.79 Å². The summed E-state index contributed by atoms with van der Waals surface area (Å²) in [4.78, 5) is 18.4. The summed E-state index contributed by atoms with van der Waals surface area (Å²) < 4.78 is 0. The fourth-order valence-electron chi connectivity index (χ4n) is 2.99. The SMILES string of the molecule is CCCN(CC1CCCCN1)c1nccc(C)c1C(N)=O. The molecule has 1 aromatic rings. The number of piperidine rings is 1. The van der Waals surface area contributed by atoms with Gasteiger partial charge in [0.1, 0.15) is 5.82 Å². The van der Waals surface area contributed by atoms with Crippen molar-refractivity contribution in [2.45, 2.75) is 45.6 Å². The number of aryl methyl sites for hydroxylation is 1. The standard InChI is InChI=1S/C16H26N4O/c1-3-10-20(11-13-6-4-5-8-18-13)16-14(15(17)21)12(2)7-9-19-16/h7,9,13,18H,3-6,8,10-11H2,1-2H3,(H2,17,21). The number of nitrogens with zero attached hydrogens (tertiary/aromatic N) is 2. The molecule has 2 heterocycles. The molecule has 5 heteroatoms. The number of carbonyl (C=O) groups is 1. The van der Waals surface area contributed by atoms with Crippen LogP contribution in [0.1, 0.15) is 48.5 Å². The van der Waals surface area contributed by atoms with E-state index in [9.17, 15) is 4.79 Å². The largest absolute Gasteiger partial charge is 0.365 e. The highest BCUT2D eigenvalue weighted by Gasteiger charge is 2.22. The molecule has 1 unspecified atom stereocenters. The number of amides is 1. The zero-order chi connectivity index (χ0) is 15.2. The van der Waals surface area contributed by atoms with Gasteiger partial charge in [-0.1, -0.05) is 13.3 Å². The third-order valence-electron chi connectivity index (χ3n) is 4.03. The molecule has 1 amide bonds. The second kappa shape index (κ2) is 7.41. The summed E-state index contributed by atoms with van der Waals surface area (Å²) in [5.41, 5.74) is 7.01. The lowest BCUT2D eigenvalue weighted by Gasteiger charge is -2.32. The number of carbonyl (C=O) groups excluding carboxylic acids is 1. The van der Waals surface area contributed by atoms with Crippen molar-refractivity contribution in [2.24, 2.45) is 5.73 Å². The first-order valence-electron chi connectivity index (χ1n) is 7.87. The van der Waals surface area contributed by atoms with Crippen molar-refractivity contribution in [3.8, 4) is 0 Å². The van der Waals surface area contributed by atoms with Gasteiger partial charge < -0.3 is 16.0 Å². The van der Waals surface area contributed by atoms with Crippen molar-refractivity contribution in [1.82, 2.24) is 10.3 Å². The molecular formula is C16H26N4O. The number of nitrogens with one attached hydrogen (secondary N) is 1. The molecule has 1 aliphatic rings. The van der Waals surface area contributed by atoms with Gasteiger partial charge in [0.25, 0.3) is 5.91 Å². The van der Waals surface area contributed by atoms with E-state index in [2.05, 4.69) is 22.1 Å². The summed E-state index contributed by atoms with van der Waals surface area (Å²) in [5.74, 6) is 0.338. The third kappa shape index (κ3) is 3.94. The van der Waals surface area contributed by atoms with Gasteiger partial charge in [-0.15, -0.1) is 0 Å². The Morgan fingerprint density at radius 1 is 1.52 bits per heavy atom. The van der Waals surface area contributed by atoms with Crippen LogP contribution in [0.15, 0.2) is 12.3 Å². The molecule has 1 fully saturated rings. The van der Waals surface area contributed by atoms with Gasteiger partial charge in [-0.2, -0.15) is 0 Å². The zero-order valence-corrected chi connectivity index (χ0v) is 13.1. The van der Waals surface area contributed by atoms with Crippen LogP contribution in [0.4, 0.5) is 5.82 Å². The molecule has 0 radical (unpaired) electrons. The van der Waals surface area contributed by atoms with Crippen LogP contribution in [0.2, 0.25) is 0 Å². The lowest BCUT2D eigenvalue weighted by atomic mass is 10.0. The van der Waals surface area contributed by atoms with E-state index in [4.69, 9.17) is 5.73 Å². The Labute approximate surface area is 126 Å². The van der Waals surface area contributed by atoms with Crippen LogP contribution in [0.5, 0.6) is 0 Å². The molecule has 0 aromatic carbocycles. The summed E-state index contributed by atoms with van der Waals surface area (Å²) in [6, 6.07) is 2.31. The number of hydrogen-bond donors (Lipinski definition) is 2. The molecule has 0 saturated carbocycles. The summed E-state index contributed by atoms with van der Waals surface area (Å²) in [7, 11) is 0. The molecule has 0 spiro atoms. The van der Waals surface area contributed by atoms with Crippen molar-refractivity contribution < 1.29 is 4.79 Å². The van der Waals surface area contributed by atoms with Gasteiger partial charge in [-0.05, 0) is 44.4 Å². The Kier molecular flexibility index (Phi) is 5.56. The smallest absolute Gasteiger partial charge is 0.252 e. The number of pyridine rings is 1. The quantitative estimate of drug-likeness (QED) is 0.838. The maximum Gasteiger partial charge on any atom is 0.252 e. The first kappa shape index (κ1) is 15.8. The Hall–Kier alpha value is -1.62. The van der Waals surface area contributed by atoms with Crippen molar-refractivity contribution in [3.63, 3.8) is 0 Å². The fraction of sp³-hybridized carbons (Fsp3) is 0.625. The van der Waals surface area contributed by atoms with E-state index in [0.29, 0.717) is 11.6 Å². The number of anilines is 1. The van der Waals surface area contributed by atoms with E-state index in [1.54, 1.807) is 6.20 Å². The van der Waals surface area contributed by atoms with E-state index in [-0.39, 0.29) is 0 Å². The predicted octanol–water partition coefficient (Wildman–Crippen LogP) is 1.85. The Bertz CT molecular complexity index is 483. The highest BCUT2D eigenvalue weighted by Crippen LogP contribution is 2.22. The Morgan fingerprint density at radius 2 is 2.33 bits per heavy atom. The molecule has 2 rings (SSSR count). The molecule has 1 saturated heterocycles. The van der Waals surface area contributed by atoms with Gasteiger partial charge in [0, 0.05) is 25.3 Å². The minimum Gasteiger partial charge on any atom is -0.365 e. The molecule has 3 N–H and O–H groups in total. The van der Waals surface area contributed by atoms with Crippen LogP contribution in [-0.4, -0.2) is 36.6 Å². The van der Waals surface area contributed by atoms with E-state index in [1.165, 1.54) is 19.3 Å². The van der Waals surface area contributed by atoms with Gasteiger partial charge >= 0.3 is 0 Å². The summed E-state index contributed by atoms with van der Waals surface area (Å²) >= 11 is 0. The van der Waals surface area contributed by atoms with Crippen molar-refractivity contribution in [3.05, 3.63) is 23.4 Å². The number of rotatable bonds is 6. The Balaban J connectivity index is 2.24. The van der Waals surface area contributed by atoms with E-state index >= 15 is 0 Å². The minimum atomic E-state index is -0.395. The Morgan fingerprint density at radius 3 is 2.95 bits per heavy atom. The average Bonchev–Trinajstić information content (AvgIpc) is 2.47. The number of aromatic nitrogens is 1. The summed E-state index contributed by atoms with van der Waals surface area (Å²) in [5, 5.41) is 3.56. The van der Waals surface area contributed by atoms with Crippen LogP contribution in [0.3, 0.4) is 0 Å². The average molecular weight is 290 g/mol. The molecule has 1 atom stereocenters. The topological polar surface area (TPSA) is 71.2 Å². The first-order chi connectivity index (χ1) is 10.1. The normalized spacial score (nSPS) is 18.5. The van der Waals surface area contributed by atoms with E-state index in [0.717, 1.165) is 37.4 Å². The molecule has 21 heavy (non-hydrogen) atoms. The first-order valence-corrected chi connectivity index (χ1v) is 7.87. The van der Waals surface area contributed by atoms with Crippen LogP contribution in [0.25, 0.3) is 0 Å². The van der Waals surface area contributed by atoms with Gasteiger partial charge in [0.15, 0.2) is 0 Å². The number of primary amides is 1. The van der Waals surface area contributed by atoms with Crippen LogP contribution < -0.4 is 16.0 Å². The van der Waals surface area contributed by atoms with Crippen LogP contribution in [0, 0.1) is 6.92 Å². The maximum atomic E-state index is 11.8. The second-order valence-electron chi connectivity index (χ2n) is 5.78. The molecule has 1 aromatic heterocycles. The molecule has 0 aliphatic carbocycles. The molecule has 0 bridgehead atoms. The highest BCUT2D eigenvalue weighted by atomic mass is 16.1. The maximum absolute atomic E-state index is 11.8. The lowest BCUT2D eigenvalue weighted by molar-refractivity contribution is 0.1000. The minimum absolute atomic E-state index is 0.395. The molecule has 1 aliphatic heterocycles. The molecule has 116 valence electrons. The zero-order valence-electron chi connectivity index (χ0n) is 13.1. The van der Waals surface area contributed by atoms with E-state index in [1.807, 2.05) is 13.0 Å². The highest BCUT2D eigenvalue weighted by molar-refractivity contribution is 5.99. The number of nitrogens with two attached hydrogens (primary N) is 1.